The normalized spacial score (nSPS) is 40.7. The van der Waals surface area contributed by atoms with Crippen molar-refractivity contribution in [2.75, 3.05) is 6.61 Å². The molecule has 4 rings (SSSR count). The first-order chi connectivity index (χ1) is 15.8. The fraction of sp³-hybridized carbons (Fsp3) is 0.615. The van der Waals surface area contributed by atoms with Gasteiger partial charge in [-0.25, -0.2) is 4.39 Å². The van der Waals surface area contributed by atoms with Crippen molar-refractivity contribution in [3.63, 3.8) is 0 Å². The van der Waals surface area contributed by atoms with Crippen LogP contribution in [-0.2, 0) is 28.7 Å². The van der Waals surface area contributed by atoms with E-state index in [1.165, 1.54) is 19.9 Å². The quantitative estimate of drug-likeness (QED) is 0.386. The number of carbonyl (C=O) groups is 4. The lowest BCUT2D eigenvalue weighted by Gasteiger charge is -2.54. The standard InChI is InChI=1S/C26H30BrFO6/c1-13-8-18-16-9-21(28)19-10-22(31)20(27)11-24(19,4)17(16)6-7-25(18,5)26(13,34-15(3)30)23(32)12-33-14(2)29/h6,10-11,13,16,18,21H,7-9,12H2,1-5H3/t13-,16+,18-,21+,24+,25-,26+/m0/s1. The third-order valence-electron chi connectivity index (χ3n) is 8.66. The van der Waals surface area contributed by atoms with E-state index < -0.39 is 46.9 Å². The number of ketones is 2. The van der Waals surface area contributed by atoms with Crippen LogP contribution in [0.15, 0.2) is 33.9 Å². The number of Topliss-reactive ketones (excluding diaryl/α,β-unsaturated/α-hetero) is 1. The predicted molar refractivity (Wildman–Crippen MR) is 125 cm³/mol. The maximum absolute atomic E-state index is 15.6. The number of rotatable bonds is 4. The molecule has 2 saturated carbocycles. The van der Waals surface area contributed by atoms with E-state index in [2.05, 4.69) is 15.9 Å². The molecule has 0 aliphatic heterocycles. The Morgan fingerprint density at radius 3 is 2.44 bits per heavy atom. The topological polar surface area (TPSA) is 86.7 Å². The van der Waals surface area contributed by atoms with E-state index in [-0.39, 0.29) is 30.0 Å². The number of alkyl halides is 1. The number of allylic oxidation sites excluding steroid dienone is 6. The van der Waals surface area contributed by atoms with Crippen molar-refractivity contribution in [1.82, 2.24) is 0 Å². The molecule has 0 heterocycles. The Bertz CT molecular complexity index is 1080. The first-order valence-electron chi connectivity index (χ1n) is 11.6. The third kappa shape index (κ3) is 3.39. The van der Waals surface area contributed by atoms with Crippen molar-refractivity contribution in [2.24, 2.45) is 28.6 Å². The maximum Gasteiger partial charge on any atom is 0.303 e. The minimum Gasteiger partial charge on any atom is -0.458 e. The van der Waals surface area contributed by atoms with Gasteiger partial charge in [0.15, 0.2) is 18.0 Å². The number of esters is 2. The average molecular weight is 537 g/mol. The summed E-state index contributed by atoms with van der Waals surface area (Å²) in [7, 11) is 0. The Hall–Kier alpha value is -2.09. The van der Waals surface area contributed by atoms with Crippen LogP contribution in [0.5, 0.6) is 0 Å². The van der Waals surface area contributed by atoms with Crippen LogP contribution in [-0.4, -0.2) is 41.9 Å². The van der Waals surface area contributed by atoms with Crippen LogP contribution in [0.3, 0.4) is 0 Å². The van der Waals surface area contributed by atoms with E-state index in [0.717, 1.165) is 5.57 Å². The zero-order valence-corrected chi connectivity index (χ0v) is 21.7. The summed E-state index contributed by atoms with van der Waals surface area (Å²) in [6.07, 6.45) is 5.14. The summed E-state index contributed by atoms with van der Waals surface area (Å²) in [5.74, 6) is -2.53. The molecule has 6 nitrogen and oxygen atoms in total. The van der Waals surface area contributed by atoms with Gasteiger partial charge in [-0.15, -0.1) is 0 Å². The molecule has 0 aromatic carbocycles. The molecule has 0 N–H and O–H groups in total. The molecule has 4 aliphatic rings. The molecule has 0 aromatic rings. The zero-order chi connectivity index (χ0) is 25.2. The van der Waals surface area contributed by atoms with Crippen LogP contribution in [0.1, 0.15) is 53.9 Å². The van der Waals surface area contributed by atoms with E-state index in [0.29, 0.717) is 22.9 Å². The lowest BCUT2D eigenvalue weighted by molar-refractivity contribution is -0.190. The summed E-state index contributed by atoms with van der Waals surface area (Å²) in [6, 6.07) is 0. The summed E-state index contributed by atoms with van der Waals surface area (Å²) in [6.45, 7) is 7.75. The minimum absolute atomic E-state index is 0.135. The van der Waals surface area contributed by atoms with Crippen LogP contribution in [0.25, 0.3) is 0 Å². The second kappa shape index (κ2) is 8.25. The molecule has 0 amide bonds. The molecule has 34 heavy (non-hydrogen) atoms. The van der Waals surface area contributed by atoms with E-state index in [9.17, 15) is 19.2 Å². The molecule has 0 bridgehead atoms. The van der Waals surface area contributed by atoms with Gasteiger partial charge in [0, 0.05) is 30.6 Å². The maximum atomic E-state index is 15.6. The smallest absolute Gasteiger partial charge is 0.303 e. The number of hydrogen-bond donors (Lipinski definition) is 0. The number of hydrogen-bond acceptors (Lipinski definition) is 6. The molecule has 0 saturated heterocycles. The van der Waals surface area contributed by atoms with Crippen LogP contribution >= 0.6 is 15.9 Å². The molecule has 0 aromatic heterocycles. The van der Waals surface area contributed by atoms with Gasteiger partial charge in [0.05, 0.1) is 4.48 Å². The first kappa shape index (κ1) is 25.0. The van der Waals surface area contributed by atoms with E-state index in [4.69, 9.17) is 9.47 Å². The van der Waals surface area contributed by atoms with Gasteiger partial charge in [0.2, 0.25) is 5.78 Å². The number of ether oxygens (including phenoxy) is 2. The summed E-state index contributed by atoms with van der Waals surface area (Å²) in [5.41, 5.74) is -1.52. The Morgan fingerprint density at radius 1 is 1.15 bits per heavy atom. The van der Waals surface area contributed by atoms with Crippen LogP contribution in [0.2, 0.25) is 0 Å². The number of halogens is 2. The highest BCUT2D eigenvalue weighted by atomic mass is 79.9. The summed E-state index contributed by atoms with van der Waals surface area (Å²) < 4.78 is 26.9. The SMILES string of the molecule is CC(=O)OCC(=O)[C@]1(OC(C)=O)[C@@H](C)C[C@H]2[C@@H]3C[C@@H](F)C4=CC(=O)C(Br)=C[C@]4(C)C3=CC[C@@]21C. The highest BCUT2D eigenvalue weighted by Crippen LogP contribution is 2.67. The van der Waals surface area contributed by atoms with Gasteiger partial charge in [0.25, 0.3) is 0 Å². The Labute approximate surface area is 207 Å². The first-order valence-corrected chi connectivity index (χ1v) is 12.4. The Morgan fingerprint density at radius 2 is 1.82 bits per heavy atom. The van der Waals surface area contributed by atoms with E-state index >= 15 is 4.39 Å². The lowest BCUT2D eigenvalue weighted by Crippen LogP contribution is -2.60. The molecular weight excluding hydrogens is 507 g/mol. The number of carbonyl (C=O) groups excluding carboxylic acids is 4. The van der Waals surface area contributed by atoms with Gasteiger partial charge in [-0.2, -0.15) is 0 Å². The second-order valence-electron chi connectivity index (χ2n) is 10.5. The van der Waals surface area contributed by atoms with Crippen molar-refractivity contribution in [3.05, 3.63) is 33.9 Å². The molecular formula is C26H30BrFO6. The second-order valence-corrected chi connectivity index (χ2v) is 11.4. The monoisotopic (exact) mass is 536 g/mol. The molecule has 4 aliphatic carbocycles. The van der Waals surface area contributed by atoms with Crippen LogP contribution in [0.4, 0.5) is 4.39 Å². The molecule has 2 fully saturated rings. The summed E-state index contributed by atoms with van der Waals surface area (Å²) >= 11 is 3.33. The van der Waals surface area contributed by atoms with E-state index in [1.54, 1.807) is 6.08 Å². The van der Waals surface area contributed by atoms with Crippen molar-refractivity contribution in [3.8, 4) is 0 Å². The van der Waals surface area contributed by atoms with Gasteiger partial charge in [-0.1, -0.05) is 31.6 Å². The highest BCUT2D eigenvalue weighted by molar-refractivity contribution is 9.12. The van der Waals surface area contributed by atoms with Crippen molar-refractivity contribution in [1.29, 1.82) is 0 Å². The summed E-state index contributed by atoms with van der Waals surface area (Å²) in [5, 5.41) is 0. The largest absolute Gasteiger partial charge is 0.458 e. The Balaban J connectivity index is 1.82. The fourth-order valence-corrected chi connectivity index (χ4v) is 7.86. The van der Waals surface area contributed by atoms with Crippen molar-refractivity contribution < 1.29 is 33.0 Å². The van der Waals surface area contributed by atoms with Gasteiger partial charge < -0.3 is 9.47 Å². The van der Waals surface area contributed by atoms with Crippen molar-refractivity contribution >= 4 is 39.4 Å². The Kier molecular flexibility index (Phi) is 6.07. The molecule has 8 heteroatoms. The zero-order valence-electron chi connectivity index (χ0n) is 20.1. The lowest BCUT2D eigenvalue weighted by atomic mass is 9.51. The molecule has 0 spiro atoms. The van der Waals surface area contributed by atoms with Gasteiger partial charge in [-0.3, -0.25) is 19.2 Å². The molecule has 0 unspecified atom stereocenters. The molecule has 7 atom stereocenters. The van der Waals surface area contributed by atoms with Gasteiger partial charge in [0.1, 0.15) is 6.17 Å². The molecule has 0 radical (unpaired) electrons. The fourth-order valence-electron chi connectivity index (χ4n) is 7.29. The van der Waals surface area contributed by atoms with Gasteiger partial charge >= 0.3 is 11.9 Å². The van der Waals surface area contributed by atoms with Crippen LogP contribution in [0, 0.1) is 28.6 Å². The third-order valence-corrected chi connectivity index (χ3v) is 9.28. The average Bonchev–Trinajstić information content (AvgIpc) is 2.96. The predicted octanol–water partition coefficient (Wildman–Crippen LogP) is 4.57. The highest BCUT2D eigenvalue weighted by Gasteiger charge is 2.70. The van der Waals surface area contributed by atoms with E-state index in [1.807, 2.05) is 26.8 Å². The van der Waals surface area contributed by atoms with Crippen molar-refractivity contribution in [2.45, 2.75) is 65.7 Å². The van der Waals surface area contributed by atoms with Gasteiger partial charge in [-0.05, 0) is 65.6 Å². The molecule has 184 valence electrons. The minimum atomic E-state index is -1.48. The van der Waals surface area contributed by atoms with Crippen LogP contribution < -0.4 is 0 Å². The number of fused-ring (bicyclic) bond motifs is 5. The summed E-state index contributed by atoms with van der Waals surface area (Å²) in [4.78, 5) is 49.5.